The zero-order valence-electron chi connectivity index (χ0n) is 9.59. The molecule has 0 fully saturated rings. The van der Waals surface area contributed by atoms with Crippen LogP contribution in [-0.2, 0) is 9.84 Å². The van der Waals surface area contributed by atoms with Gasteiger partial charge < -0.3 is 0 Å². The van der Waals surface area contributed by atoms with E-state index in [4.69, 9.17) is 0 Å². The van der Waals surface area contributed by atoms with E-state index in [9.17, 15) is 8.42 Å². The number of rotatable bonds is 9. The molecule has 0 bridgehead atoms. The third-order valence-electron chi connectivity index (χ3n) is 2.50. The Balaban J connectivity index is 3.22. The standard InChI is InChI=1S/C11H24O2S/c1-3-5-6-7-8-9-10-11-14(12,13)4-2/h3-11H2,1-2H3. The molecule has 0 aliphatic rings. The summed E-state index contributed by atoms with van der Waals surface area (Å²) in [4.78, 5) is 0. The molecule has 0 spiro atoms. The summed E-state index contributed by atoms with van der Waals surface area (Å²) < 4.78 is 22.3. The van der Waals surface area contributed by atoms with Crippen molar-refractivity contribution in [2.24, 2.45) is 0 Å². The first kappa shape index (κ1) is 13.9. The molecular weight excluding hydrogens is 196 g/mol. The molecule has 0 saturated carbocycles. The van der Waals surface area contributed by atoms with Crippen LogP contribution in [0.5, 0.6) is 0 Å². The molecule has 3 heteroatoms. The summed E-state index contributed by atoms with van der Waals surface area (Å²) in [7, 11) is -2.72. The van der Waals surface area contributed by atoms with Gasteiger partial charge in [0.15, 0.2) is 0 Å². The van der Waals surface area contributed by atoms with Crippen molar-refractivity contribution in [1.82, 2.24) is 0 Å². The third-order valence-corrected chi connectivity index (χ3v) is 4.29. The predicted molar refractivity (Wildman–Crippen MR) is 62.3 cm³/mol. The second-order valence-electron chi connectivity index (χ2n) is 3.86. The van der Waals surface area contributed by atoms with Crippen LogP contribution in [0.4, 0.5) is 0 Å². The van der Waals surface area contributed by atoms with Crippen LogP contribution in [0.1, 0.15) is 58.8 Å². The highest BCUT2D eigenvalue weighted by atomic mass is 32.2. The van der Waals surface area contributed by atoms with Crippen LogP contribution in [0.3, 0.4) is 0 Å². The largest absolute Gasteiger partial charge is 0.229 e. The molecule has 14 heavy (non-hydrogen) atoms. The summed E-state index contributed by atoms with van der Waals surface area (Å²) in [5, 5.41) is 0. The Hall–Kier alpha value is -0.0500. The lowest BCUT2D eigenvalue weighted by molar-refractivity contribution is 0.580. The number of unbranched alkanes of at least 4 members (excludes halogenated alkanes) is 6. The fourth-order valence-corrected chi connectivity index (χ4v) is 2.36. The molecule has 0 radical (unpaired) electrons. The monoisotopic (exact) mass is 220 g/mol. The van der Waals surface area contributed by atoms with Crippen molar-refractivity contribution in [2.75, 3.05) is 11.5 Å². The van der Waals surface area contributed by atoms with Crippen LogP contribution >= 0.6 is 0 Å². The van der Waals surface area contributed by atoms with E-state index in [1.807, 2.05) is 0 Å². The fraction of sp³-hybridized carbons (Fsp3) is 1.00. The molecule has 0 atom stereocenters. The lowest BCUT2D eigenvalue weighted by atomic mass is 10.1. The van der Waals surface area contributed by atoms with E-state index in [0.717, 1.165) is 12.8 Å². The zero-order chi connectivity index (χ0) is 10.9. The van der Waals surface area contributed by atoms with E-state index in [2.05, 4.69) is 6.92 Å². The highest BCUT2D eigenvalue weighted by Crippen LogP contribution is 2.07. The van der Waals surface area contributed by atoms with Gasteiger partial charge in [-0.3, -0.25) is 0 Å². The van der Waals surface area contributed by atoms with Gasteiger partial charge >= 0.3 is 0 Å². The number of hydrogen-bond donors (Lipinski definition) is 0. The molecule has 0 aromatic rings. The first-order valence-corrected chi connectivity index (χ1v) is 7.65. The number of sulfone groups is 1. The minimum Gasteiger partial charge on any atom is -0.229 e. The van der Waals surface area contributed by atoms with Crippen LogP contribution in [0, 0.1) is 0 Å². The summed E-state index contributed by atoms with van der Waals surface area (Å²) >= 11 is 0. The van der Waals surface area contributed by atoms with Gasteiger partial charge in [0.05, 0.1) is 5.75 Å². The van der Waals surface area contributed by atoms with E-state index < -0.39 is 9.84 Å². The zero-order valence-corrected chi connectivity index (χ0v) is 10.4. The highest BCUT2D eigenvalue weighted by molar-refractivity contribution is 7.91. The minimum atomic E-state index is -2.72. The van der Waals surface area contributed by atoms with Crippen molar-refractivity contribution in [2.45, 2.75) is 58.8 Å². The SMILES string of the molecule is CCCCCCCCCS(=O)(=O)CC. The maximum atomic E-state index is 11.1. The van der Waals surface area contributed by atoms with Gasteiger partial charge in [-0.25, -0.2) is 8.42 Å². The first-order valence-electron chi connectivity index (χ1n) is 5.82. The Kier molecular flexibility index (Phi) is 8.24. The van der Waals surface area contributed by atoms with Crippen molar-refractivity contribution in [3.05, 3.63) is 0 Å². The molecule has 0 unspecified atom stereocenters. The van der Waals surface area contributed by atoms with Gasteiger partial charge in [0.1, 0.15) is 9.84 Å². The third kappa shape index (κ3) is 8.54. The Morgan fingerprint density at radius 3 is 1.79 bits per heavy atom. The maximum absolute atomic E-state index is 11.1. The van der Waals surface area contributed by atoms with Crippen molar-refractivity contribution in [1.29, 1.82) is 0 Å². The average molecular weight is 220 g/mol. The van der Waals surface area contributed by atoms with Crippen LogP contribution in [0.25, 0.3) is 0 Å². The first-order chi connectivity index (χ1) is 6.62. The van der Waals surface area contributed by atoms with Crippen molar-refractivity contribution in [3.63, 3.8) is 0 Å². The number of hydrogen-bond acceptors (Lipinski definition) is 2. The highest BCUT2D eigenvalue weighted by Gasteiger charge is 2.05. The van der Waals surface area contributed by atoms with E-state index in [1.54, 1.807) is 6.92 Å². The van der Waals surface area contributed by atoms with Gasteiger partial charge in [-0.05, 0) is 6.42 Å². The quantitative estimate of drug-likeness (QED) is 0.559. The molecule has 0 aromatic heterocycles. The van der Waals surface area contributed by atoms with Gasteiger partial charge in [-0.1, -0.05) is 52.4 Å². The molecule has 0 amide bonds. The minimum absolute atomic E-state index is 0.294. The van der Waals surface area contributed by atoms with E-state index in [-0.39, 0.29) is 0 Å². The molecule has 0 saturated heterocycles. The van der Waals surface area contributed by atoms with Gasteiger partial charge in [0, 0.05) is 5.75 Å². The summed E-state index contributed by atoms with van der Waals surface area (Å²) in [6.07, 6.45) is 8.26. The van der Waals surface area contributed by atoms with Gasteiger partial charge in [-0.15, -0.1) is 0 Å². The summed E-state index contributed by atoms with van der Waals surface area (Å²) in [6.45, 7) is 3.92. The van der Waals surface area contributed by atoms with E-state index >= 15 is 0 Å². The molecule has 0 heterocycles. The van der Waals surface area contributed by atoms with Crippen LogP contribution < -0.4 is 0 Å². The summed E-state index contributed by atoms with van der Waals surface area (Å²) in [5.41, 5.74) is 0. The maximum Gasteiger partial charge on any atom is 0.150 e. The Morgan fingerprint density at radius 2 is 1.29 bits per heavy atom. The van der Waals surface area contributed by atoms with Crippen molar-refractivity contribution >= 4 is 9.84 Å². The van der Waals surface area contributed by atoms with Crippen LogP contribution in [0.2, 0.25) is 0 Å². The smallest absolute Gasteiger partial charge is 0.150 e. The second kappa shape index (κ2) is 8.27. The Morgan fingerprint density at radius 1 is 0.786 bits per heavy atom. The van der Waals surface area contributed by atoms with Crippen molar-refractivity contribution < 1.29 is 8.42 Å². The Bertz CT molecular complexity index is 207. The molecule has 0 aliphatic heterocycles. The second-order valence-corrected chi connectivity index (χ2v) is 6.33. The normalized spacial score (nSPS) is 11.9. The fourth-order valence-electron chi connectivity index (χ4n) is 1.42. The molecule has 2 nitrogen and oxygen atoms in total. The molecule has 0 N–H and O–H groups in total. The van der Waals surface area contributed by atoms with Gasteiger partial charge in [-0.2, -0.15) is 0 Å². The van der Waals surface area contributed by atoms with Gasteiger partial charge in [0.25, 0.3) is 0 Å². The summed E-state index contributed by atoms with van der Waals surface area (Å²) in [6, 6.07) is 0. The molecular formula is C11H24O2S. The average Bonchev–Trinajstić information content (AvgIpc) is 2.16. The Labute approximate surface area is 89.0 Å². The lowest BCUT2D eigenvalue weighted by Crippen LogP contribution is -2.08. The van der Waals surface area contributed by atoms with Crippen LogP contribution in [-0.4, -0.2) is 19.9 Å². The molecule has 86 valence electrons. The summed E-state index contributed by atoms with van der Waals surface area (Å²) in [5.74, 6) is 0.681. The molecule has 0 aromatic carbocycles. The van der Waals surface area contributed by atoms with E-state index in [1.165, 1.54) is 32.1 Å². The van der Waals surface area contributed by atoms with Crippen molar-refractivity contribution in [3.8, 4) is 0 Å². The predicted octanol–water partition coefficient (Wildman–Crippen LogP) is 3.17. The van der Waals surface area contributed by atoms with Crippen LogP contribution in [0.15, 0.2) is 0 Å². The molecule has 0 aliphatic carbocycles. The topological polar surface area (TPSA) is 34.1 Å². The van der Waals surface area contributed by atoms with E-state index in [0.29, 0.717) is 11.5 Å². The lowest BCUT2D eigenvalue weighted by Gasteiger charge is -2.01. The molecule has 0 rings (SSSR count). The van der Waals surface area contributed by atoms with Gasteiger partial charge in [0.2, 0.25) is 0 Å².